The maximum Gasteiger partial charge on any atom is 0.158 e. The third kappa shape index (κ3) is 3.24. The Labute approximate surface area is 144 Å². The van der Waals surface area contributed by atoms with E-state index in [2.05, 4.69) is 24.7 Å². The second-order valence-electron chi connectivity index (χ2n) is 7.29. The van der Waals surface area contributed by atoms with Gasteiger partial charge < -0.3 is 4.90 Å². The van der Waals surface area contributed by atoms with Gasteiger partial charge in [-0.05, 0) is 12.8 Å². The number of nitriles is 1. The first-order chi connectivity index (χ1) is 11.8. The first kappa shape index (κ1) is 15.8. The monoisotopic (exact) mass is 326 g/mol. The van der Waals surface area contributed by atoms with Gasteiger partial charge in [0.25, 0.3) is 0 Å². The number of aromatic nitrogens is 2. The van der Waals surface area contributed by atoms with Crippen molar-refractivity contribution in [3.05, 3.63) is 18.1 Å². The minimum Gasteiger partial charge on any atom is -0.352 e. The SMILES string of the molecule is N#Cc1cnc(N2CC(N3CCN(C4CCCCC4)CC3)C2)cn1. The molecule has 0 aromatic carbocycles. The van der Waals surface area contributed by atoms with Crippen LogP contribution in [0.15, 0.2) is 12.4 Å². The lowest BCUT2D eigenvalue weighted by atomic mass is 9.93. The summed E-state index contributed by atoms with van der Waals surface area (Å²) in [5.41, 5.74) is 0.384. The highest BCUT2D eigenvalue weighted by molar-refractivity contribution is 5.41. The maximum absolute atomic E-state index is 8.79. The highest BCUT2D eigenvalue weighted by Gasteiger charge is 2.35. The summed E-state index contributed by atoms with van der Waals surface area (Å²) in [4.78, 5) is 16.1. The summed E-state index contributed by atoms with van der Waals surface area (Å²) in [6, 6.07) is 3.52. The van der Waals surface area contributed by atoms with Gasteiger partial charge in [0.2, 0.25) is 0 Å². The number of hydrogen-bond donors (Lipinski definition) is 0. The molecule has 2 aliphatic heterocycles. The van der Waals surface area contributed by atoms with Crippen molar-refractivity contribution in [3.8, 4) is 6.07 Å². The number of hydrogen-bond acceptors (Lipinski definition) is 6. The van der Waals surface area contributed by atoms with E-state index in [1.807, 2.05) is 6.07 Å². The molecule has 128 valence electrons. The van der Waals surface area contributed by atoms with Crippen LogP contribution < -0.4 is 4.90 Å². The van der Waals surface area contributed by atoms with Crippen LogP contribution in [0.3, 0.4) is 0 Å². The zero-order valence-corrected chi connectivity index (χ0v) is 14.3. The molecule has 0 radical (unpaired) electrons. The molecule has 24 heavy (non-hydrogen) atoms. The van der Waals surface area contributed by atoms with Crippen LogP contribution in [0.5, 0.6) is 0 Å². The molecule has 6 heteroatoms. The Bertz CT molecular complexity index is 575. The second kappa shape index (κ2) is 7.04. The fraction of sp³-hybridized carbons (Fsp3) is 0.722. The van der Waals surface area contributed by atoms with Gasteiger partial charge in [-0.3, -0.25) is 9.80 Å². The molecule has 0 bridgehead atoms. The number of piperazine rings is 1. The Kier molecular flexibility index (Phi) is 4.63. The van der Waals surface area contributed by atoms with Gasteiger partial charge in [-0.2, -0.15) is 5.26 Å². The van der Waals surface area contributed by atoms with Crippen LogP contribution in [-0.2, 0) is 0 Å². The maximum atomic E-state index is 8.79. The molecule has 0 unspecified atom stereocenters. The molecule has 3 heterocycles. The fourth-order valence-corrected chi connectivity index (χ4v) is 4.33. The lowest BCUT2D eigenvalue weighted by Crippen LogP contribution is -2.64. The third-order valence-corrected chi connectivity index (χ3v) is 5.90. The number of nitrogens with zero attached hydrogens (tertiary/aromatic N) is 6. The molecule has 1 saturated carbocycles. The topological polar surface area (TPSA) is 59.3 Å². The molecule has 0 spiro atoms. The fourth-order valence-electron chi connectivity index (χ4n) is 4.33. The quantitative estimate of drug-likeness (QED) is 0.839. The summed E-state index contributed by atoms with van der Waals surface area (Å²) < 4.78 is 0. The van der Waals surface area contributed by atoms with E-state index in [-0.39, 0.29) is 0 Å². The smallest absolute Gasteiger partial charge is 0.158 e. The molecule has 1 aromatic rings. The summed E-state index contributed by atoms with van der Waals surface area (Å²) in [5, 5.41) is 8.79. The first-order valence-electron chi connectivity index (χ1n) is 9.28. The largest absolute Gasteiger partial charge is 0.352 e. The van der Waals surface area contributed by atoms with Crippen molar-refractivity contribution in [2.24, 2.45) is 0 Å². The molecule has 3 aliphatic rings. The van der Waals surface area contributed by atoms with Crippen molar-refractivity contribution in [1.29, 1.82) is 5.26 Å². The van der Waals surface area contributed by atoms with Crippen molar-refractivity contribution in [2.75, 3.05) is 44.2 Å². The molecule has 1 aliphatic carbocycles. The van der Waals surface area contributed by atoms with E-state index in [0.717, 1.165) is 24.9 Å². The molecule has 2 saturated heterocycles. The predicted molar refractivity (Wildman–Crippen MR) is 92.8 cm³/mol. The van der Waals surface area contributed by atoms with Crippen LogP contribution in [0.4, 0.5) is 5.82 Å². The summed E-state index contributed by atoms with van der Waals surface area (Å²) in [7, 11) is 0. The van der Waals surface area contributed by atoms with Crippen molar-refractivity contribution >= 4 is 5.82 Å². The van der Waals surface area contributed by atoms with Gasteiger partial charge in [0.1, 0.15) is 11.9 Å². The van der Waals surface area contributed by atoms with Crippen LogP contribution in [-0.4, -0.2) is 71.1 Å². The third-order valence-electron chi connectivity index (χ3n) is 5.90. The van der Waals surface area contributed by atoms with Gasteiger partial charge >= 0.3 is 0 Å². The summed E-state index contributed by atoms with van der Waals surface area (Å²) in [6.45, 7) is 6.94. The second-order valence-corrected chi connectivity index (χ2v) is 7.29. The molecular formula is C18H26N6. The zero-order chi connectivity index (χ0) is 16.4. The Morgan fingerprint density at radius 3 is 2.12 bits per heavy atom. The molecular weight excluding hydrogens is 300 g/mol. The Hall–Kier alpha value is -1.71. The van der Waals surface area contributed by atoms with Crippen LogP contribution in [0.2, 0.25) is 0 Å². The minimum absolute atomic E-state index is 0.384. The van der Waals surface area contributed by atoms with E-state index < -0.39 is 0 Å². The molecule has 6 nitrogen and oxygen atoms in total. The Morgan fingerprint density at radius 1 is 0.875 bits per heavy atom. The van der Waals surface area contributed by atoms with E-state index in [9.17, 15) is 0 Å². The molecule has 3 fully saturated rings. The summed E-state index contributed by atoms with van der Waals surface area (Å²) in [5.74, 6) is 0.895. The summed E-state index contributed by atoms with van der Waals surface area (Å²) >= 11 is 0. The highest BCUT2D eigenvalue weighted by Crippen LogP contribution is 2.26. The van der Waals surface area contributed by atoms with Crippen molar-refractivity contribution in [1.82, 2.24) is 19.8 Å². The van der Waals surface area contributed by atoms with Gasteiger partial charge in [0.15, 0.2) is 5.69 Å². The van der Waals surface area contributed by atoms with Gasteiger partial charge in [-0.15, -0.1) is 0 Å². The molecule has 1 aromatic heterocycles. The van der Waals surface area contributed by atoms with E-state index >= 15 is 0 Å². The molecule has 0 N–H and O–H groups in total. The lowest BCUT2D eigenvalue weighted by Gasteiger charge is -2.49. The van der Waals surface area contributed by atoms with Crippen LogP contribution in [0, 0.1) is 11.3 Å². The van der Waals surface area contributed by atoms with Gasteiger partial charge in [0.05, 0.1) is 12.4 Å². The van der Waals surface area contributed by atoms with Gasteiger partial charge in [-0.1, -0.05) is 19.3 Å². The standard InChI is InChI=1S/C18H26N6/c19-10-15-11-21-18(12-20-15)24-13-17(14-24)23-8-6-22(7-9-23)16-4-2-1-3-5-16/h11-12,16-17H,1-9,13-14H2. The zero-order valence-electron chi connectivity index (χ0n) is 14.3. The molecule has 0 amide bonds. The Balaban J connectivity index is 1.24. The number of anilines is 1. The van der Waals surface area contributed by atoms with E-state index in [1.54, 1.807) is 12.4 Å². The highest BCUT2D eigenvalue weighted by atomic mass is 15.4. The van der Waals surface area contributed by atoms with Crippen molar-refractivity contribution < 1.29 is 0 Å². The predicted octanol–water partition coefficient (Wildman–Crippen LogP) is 1.49. The van der Waals surface area contributed by atoms with Gasteiger partial charge in [-0.25, -0.2) is 9.97 Å². The van der Waals surface area contributed by atoms with Gasteiger partial charge in [0, 0.05) is 51.4 Å². The first-order valence-corrected chi connectivity index (χ1v) is 9.28. The van der Waals surface area contributed by atoms with Crippen molar-refractivity contribution in [2.45, 2.75) is 44.2 Å². The minimum atomic E-state index is 0.384. The molecule has 0 atom stereocenters. The lowest BCUT2D eigenvalue weighted by molar-refractivity contribution is 0.0487. The van der Waals surface area contributed by atoms with E-state index in [0.29, 0.717) is 11.7 Å². The van der Waals surface area contributed by atoms with Crippen LogP contribution in [0.25, 0.3) is 0 Å². The van der Waals surface area contributed by atoms with Crippen molar-refractivity contribution in [3.63, 3.8) is 0 Å². The molecule has 4 rings (SSSR count). The van der Waals surface area contributed by atoms with E-state index in [4.69, 9.17) is 5.26 Å². The summed E-state index contributed by atoms with van der Waals surface area (Å²) in [6.07, 6.45) is 10.4. The average Bonchev–Trinajstić information content (AvgIpc) is 2.62. The Morgan fingerprint density at radius 2 is 1.54 bits per heavy atom. The normalized spacial score (nSPS) is 24.5. The van der Waals surface area contributed by atoms with E-state index in [1.165, 1.54) is 58.3 Å². The van der Waals surface area contributed by atoms with Crippen LogP contribution in [0.1, 0.15) is 37.8 Å². The van der Waals surface area contributed by atoms with Crippen LogP contribution >= 0.6 is 0 Å². The average molecular weight is 326 g/mol. The number of rotatable bonds is 3.